The zero-order chi connectivity index (χ0) is 13.5. The molecular formula is C15H24ClNO. The number of halogens is 1. The van der Waals surface area contributed by atoms with Gasteiger partial charge < -0.3 is 10.1 Å². The summed E-state index contributed by atoms with van der Waals surface area (Å²) in [6.07, 6.45) is 2.09. The van der Waals surface area contributed by atoms with Gasteiger partial charge in [-0.25, -0.2) is 0 Å². The number of hydrogen-bond acceptors (Lipinski definition) is 2. The van der Waals surface area contributed by atoms with Crippen molar-refractivity contribution in [1.82, 2.24) is 5.32 Å². The highest BCUT2D eigenvalue weighted by Crippen LogP contribution is 2.24. The molecule has 1 aromatic carbocycles. The Balaban J connectivity index is 2.68. The van der Waals surface area contributed by atoms with Gasteiger partial charge in [0.1, 0.15) is 5.75 Å². The highest BCUT2D eigenvalue weighted by atomic mass is 35.5. The fourth-order valence-electron chi connectivity index (χ4n) is 2.19. The molecule has 0 saturated heterocycles. The number of rotatable bonds is 7. The van der Waals surface area contributed by atoms with Crippen LogP contribution in [0.1, 0.15) is 32.8 Å². The summed E-state index contributed by atoms with van der Waals surface area (Å²) in [7, 11) is 1.71. The summed E-state index contributed by atoms with van der Waals surface area (Å²) in [5.41, 5.74) is 1.19. The van der Waals surface area contributed by atoms with E-state index < -0.39 is 0 Å². The van der Waals surface area contributed by atoms with Crippen molar-refractivity contribution in [3.05, 3.63) is 28.8 Å². The van der Waals surface area contributed by atoms with Crippen LogP contribution in [0, 0.1) is 5.92 Å². The zero-order valence-electron chi connectivity index (χ0n) is 11.8. The molecule has 3 heteroatoms. The lowest BCUT2D eigenvalue weighted by molar-refractivity contribution is 0.377. The van der Waals surface area contributed by atoms with Gasteiger partial charge >= 0.3 is 0 Å². The van der Waals surface area contributed by atoms with Crippen LogP contribution in [0.15, 0.2) is 18.2 Å². The first kappa shape index (κ1) is 15.3. The molecule has 0 spiro atoms. The molecule has 0 bridgehead atoms. The van der Waals surface area contributed by atoms with E-state index in [1.807, 2.05) is 18.2 Å². The number of aryl methyl sites for hydroxylation is 1. The normalized spacial score (nSPS) is 12.8. The van der Waals surface area contributed by atoms with E-state index in [1.54, 1.807) is 7.11 Å². The van der Waals surface area contributed by atoms with E-state index in [0.717, 1.165) is 30.2 Å². The molecule has 18 heavy (non-hydrogen) atoms. The van der Waals surface area contributed by atoms with Gasteiger partial charge in [-0.15, -0.1) is 0 Å². The molecule has 0 aliphatic carbocycles. The number of nitrogens with one attached hydrogen (secondary N) is 1. The highest BCUT2D eigenvalue weighted by molar-refractivity contribution is 6.30. The van der Waals surface area contributed by atoms with Crippen LogP contribution in [-0.2, 0) is 6.42 Å². The predicted molar refractivity (Wildman–Crippen MR) is 78.6 cm³/mol. The molecule has 1 aromatic rings. The van der Waals surface area contributed by atoms with Crippen molar-refractivity contribution in [2.75, 3.05) is 13.7 Å². The molecule has 1 atom stereocenters. The van der Waals surface area contributed by atoms with Crippen molar-refractivity contribution in [3.8, 4) is 5.75 Å². The van der Waals surface area contributed by atoms with Crippen molar-refractivity contribution < 1.29 is 4.74 Å². The lowest BCUT2D eigenvalue weighted by Gasteiger charge is -2.22. The number of hydrogen-bond donors (Lipinski definition) is 1. The van der Waals surface area contributed by atoms with Crippen molar-refractivity contribution in [3.63, 3.8) is 0 Å². The summed E-state index contributed by atoms with van der Waals surface area (Å²) in [5, 5.41) is 4.30. The Labute approximate surface area is 116 Å². The standard InChI is InChI=1S/C15H24ClNO/c1-5-17-14(11(2)3)8-6-12-10-13(16)7-9-15(12)18-4/h7,9-11,14,17H,5-6,8H2,1-4H3. The maximum atomic E-state index is 6.04. The molecule has 1 rings (SSSR count). The van der Waals surface area contributed by atoms with Gasteiger partial charge in [-0.1, -0.05) is 32.4 Å². The third-order valence-electron chi connectivity index (χ3n) is 3.24. The molecule has 102 valence electrons. The molecule has 0 fully saturated rings. The van der Waals surface area contributed by atoms with E-state index in [1.165, 1.54) is 5.56 Å². The smallest absolute Gasteiger partial charge is 0.122 e. The van der Waals surface area contributed by atoms with Gasteiger partial charge in [0, 0.05) is 11.1 Å². The molecule has 0 aliphatic heterocycles. The number of benzene rings is 1. The molecule has 1 N–H and O–H groups in total. The Morgan fingerprint density at radius 2 is 2.06 bits per heavy atom. The fraction of sp³-hybridized carbons (Fsp3) is 0.600. The van der Waals surface area contributed by atoms with Crippen LogP contribution in [0.3, 0.4) is 0 Å². The third kappa shape index (κ3) is 4.51. The highest BCUT2D eigenvalue weighted by Gasteiger charge is 2.13. The van der Waals surface area contributed by atoms with E-state index in [0.29, 0.717) is 12.0 Å². The Kier molecular flexibility index (Phi) is 6.51. The largest absolute Gasteiger partial charge is 0.496 e. The summed E-state index contributed by atoms with van der Waals surface area (Å²) in [6, 6.07) is 6.35. The molecule has 2 nitrogen and oxygen atoms in total. The summed E-state index contributed by atoms with van der Waals surface area (Å²) in [4.78, 5) is 0. The van der Waals surface area contributed by atoms with E-state index in [4.69, 9.17) is 16.3 Å². The molecule has 0 radical (unpaired) electrons. The minimum Gasteiger partial charge on any atom is -0.496 e. The predicted octanol–water partition coefficient (Wildman–Crippen LogP) is 3.92. The van der Waals surface area contributed by atoms with Crippen LogP contribution < -0.4 is 10.1 Å². The topological polar surface area (TPSA) is 21.3 Å². The van der Waals surface area contributed by atoms with Gasteiger partial charge in [0.2, 0.25) is 0 Å². The maximum Gasteiger partial charge on any atom is 0.122 e. The molecule has 0 amide bonds. The first-order chi connectivity index (χ1) is 8.58. The van der Waals surface area contributed by atoms with Gasteiger partial charge in [0.05, 0.1) is 7.11 Å². The second-order valence-corrected chi connectivity index (χ2v) is 5.34. The average molecular weight is 270 g/mol. The molecular weight excluding hydrogens is 246 g/mol. The van der Waals surface area contributed by atoms with Gasteiger partial charge in [0.25, 0.3) is 0 Å². The van der Waals surface area contributed by atoms with Crippen LogP contribution in [0.4, 0.5) is 0 Å². The molecule has 0 aromatic heterocycles. The minimum atomic E-state index is 0.540. The van der Waals surface area contributed by atoms with Gasteiger partial charge in [-0.05, 0) is 49.1 Å². The Hall–Kier alpha value is -0.730. The van der Waals surface area contributed by atoms with Gasteiger partial charge in [-0.2, -0.15) is 0 Å². The zero-order valence-corrected chi connectivity index (χ0v) is 12.6. The third-order valence-corrected chi connectivity index (χ3v) is 3.47. The fourth-order valence-corrected chi connectivity index (χ4v) is 2.38. The summed E-state index contributed by atoms with van der Waals surface area (Å²) in [6.45, 7) is 7.66. The lowest BCUT2D eigenvalue weighted by atomic mass is 9.96. The van der Waals surface area contributed by atoms with E-state index in [-0.39, 0.29) is 0 Å². The number of ether oxygens (including phenoxy) is 1. The average Bonchev–Trinajstić information content (AvgIpc) is 2.34. The van der Waals surface area contributed by atoms with Crippen molar-refractivity contribution in [1.29, 1.82) is 0 Å². The van der Waals surface area contributed by atoms with Crippen molar-refractivity contribution in [2.45, 2.75) is 39.7 Å². The second-order valence-electron chi connectivity index (χ2n) is 4.90. The molecule has 0 heterocycles. The maximum absolute atomic E-state index is 6.04. The van der Waals surface area contributed by atoms with Gasteiger partial charge in [-0.3, -0.25) is 0 Å². The Morgan fingerprint density at radius 3 is 2.61 bits per heavy atom. The summed E-state index contributed by atoms with van der Waals surface area (Å²) >= 11 is 6.04. The summed E-state index contributed by atoms with van der Waals surface area (Å²) in [5.74, 6) is 1.56. The first-order valence-electron chi connectivity index (χ1n) is 6.64. The van der Waals surface area contributed by atoms with Gasteiger partial charge in [0.15, 0.2) is 0 Å². The van der Waals surface area contributed by atoms with Crippen molar-refractivity contribution in [2.24, 2.45) is 5.92 Å². The number of methoxy groups -OCH3 is 1. The quantitative estimate of drug-likeness (QED) is 0.810. The van der Waals surface area contributed by atoms with E-state index in [2.05, 4.69) is 26.1 Å². The monoisotopic (exact) mass is 269 g/mol. The van der Waals surface area contributed by atoms with Crippen molar-refractivity contribution >= 4 is 11.6 Å². The SMILES string of the molecule is CCNC(CCc1cc(Cl)ccc1OC)C(C)C. The van der Waals surface area contributed by atoms with E-state index >= 15 is 0 Å². The molecule has 0 aliphatic rings. The van der Waals surface area contributed by atoms with E-state index in [9.17, 15) is 0 Å². The Bertz CT molecular complexity index is 366. The van der Waals surface area contributed by atoms with Crippen LogP contribution in [0.5, 0.6) is 5.75 Å². The van der Waals surface area contributed by atoms with Crippen LogP contribution in [0.25, 0.3) is 0 Å². The van der Waals surface area contributed by atoms with Crippen LogP contribution in [-0.4, -0.2) is 19.7 Å². The first-order valence-corrected chi connectivity index (χ1v) is 7.02. The molecule has 1 unspecified atom stereocenters. The Morgan fingerprint density at radius 1 is 1.33 bits per heavy atom. The van der Waals surface area contributed by atoms with Crippen LogP contribution >= 0.6 is 11.6 Å². The second kappa shape index (κ2) is 7.65. The van der Waals surface area contributed by atoms with Crippen LogP contribution in [0.2, 0.25) is 5.02 Å². The summed E-state index contributed by atoms with van der Waals surface area (Å²) < 4.78 is 5.37. The lowest BCUT2D eigenvalue weighted by Crippen LogP contribution is -2.34. The minimum absolute atomic E-state index is 0.540. The molecule has 0 saturated carbocycles.